The van der Waals surface area contributed by atoms with E-state index in [-0.39, 0.29) is 29.5 Å². The Balaban J connectivity index is -0.000000109. The van der Waals surface area contributed by atoms with Crippen LogP contribution in [0.25, 0.3) is 0 Å². The molecule has 0 saturated heterocycles. The minimum atomic E-state index is -0.405. The second kappa shape index (κ2) is 38.2. The van der Waals surface area contributed by atoms with E-state index in [9.17, 15) is 24.0 Å². The topological polar surface area (TPSA) is 101 Å². The molecule has 0 unspecified atom stereocenters. The lowest BCUT2D eigenvalue weighted by Crippen LogP contribution is -2.45. The third kappa shape index (κ3) is 38.9. The molecule has 0 aromatic carbocycles. The Kier molecular flexibility index (Phi) is 45.3. The van der Waals surface area contributed by atoms with Crippen molar-refractivity contribution in [3.8, 4) is 0 Å². The first-order valence-electron chi connectivity index (χ1n) is 18.0. The van der Waals surface area contributed by atoms with Gasteiger partial charge < -0.3 is 9.64 Å². The monoisotopic (exact) mass is 681 g/mol. The van der Waals surface area contributed by atoms with Gasteiger partial charge in [0.05, 0.1) is 0 Å². The van der Waals surface area contributed by atoms with Gasteiger partial charge in [0.1, 0.15) is 6.61 Å². The average Bonchev–Trinajstić information content (AvgIpc) is 3.84. The fourth-order valence-electron chi connectivity index (χ4n) is 2.83. The molecule has 0 saturated carbocycles. The Morgan fingerprint density at radius 2 is 1.00 bits per heavy atom. The van der Waals surface area contributed by atoms with Crippen LogP contribution in [0, 0.1) is 11.8 Å². The predicted molar refractivity (Wildman–Crippen MR) is 207 cm³/mol. The summed E-state index contributed by atoms with van der Waals surface area (Å²) >= 11 is 0. The van der Waals surface area contributed by atoms with Crippen molar-refractivity contribution in [3.63, 3.8) is 0 Å². The van der Waals surface area contributed by atoms with Gasteiger partial charge in [0.15, 0.2) is 5.78 Å². The molecule has 3 heterocycles. The van der Waals surface area contributed by atoms with Gasteiger partial charge in [0.25, 0.3) is 11.8 Å². The molecule has 8 heteroatoms. The first kappa shape index (κ1) is 57.0. The second-order valence-corrected chi connectivity index (χ2v) is 11.9. The molecule has 3 amide bonds. The maximum atomic E-state index is 11.0. The molecule has 4 aliphatic rings. The number of esters is 1. The Morgan fingerprint density at radius 3 is 1.12 bits per heavy atom. The molecule has 0 fully saturated rings. The molecule has 3 aliphatic heterocycles. The number of allylic oxidation sites excluding steroid dienone is 2. The van der Waals surface area contributed by atoms with Gasteiger partial charge in [-0.15, -0.1) is 0 Å². The maximum absolute atomic E-state index is 11.0. The average molecular weight is 681 g/mol. The zero-order valence-corrected chi connectivity index (χ0v) is 34.5. The molecule has 0 atom stereocenters. The third-order valence-electron chi connectivity index (χ3n) is 4.39. The van der Waals surface area contributed by atoms with Crippen LogP contribution >= 0.6 is 0 Å². The largest absolute Gasteiger partial charge is 0.458 e. The lowest BCUT2D eigenvalue weighted by atomic mass is 10.1. The maximum Gasteiger partial charge on any atom is 0.330 e. The molecule has 8 nitrogen and oxygen atoms in total. The highest BCUT2D eigenvalue weighted by Crippen LogP contribution is 2.18. The van der Waals surface area contributed by atoms with Crippen LogP contribution in [-0.2, 0) is 28.7 Å². The number of carbonyl (C=O) groups excluding carboxylic acids is 5. The Labute approximate surface area is 297 Å². The highest BCUT2D eigenvalue weighted by atomic mass is 16.5. The SMILES string of the molecule is CC.CC.CC.CC.CC(C)(C)N1C(=O)C=CC1=O.CC(C)C.CC(C)C.CC(C)N1CC=CC1=O.O=C1C=CCC1.O=C1C=CCO1. The summed E-state index contributed by atoms with van der Waals surface area (Å²) in [6.07, 6.45) is 14.5. The van der Waals surface area contributed by atoms with Gasteiger partial charge in [-0.2, -0.15) is 0 Å². The fourth-order valence-corrected chi connectivity index (χ4v) is 2.83. The summed E-state index contributed by atoms with van der Waals surface area (Å²) in [7, 11) is 0. The van der Waals surface area contributed by atoms with Crippen LogP contribution in [0.15, 0.2) is 48.6 Å². The standard InChI is InChI=1S/C8H11NO2.C7H11NO.C5H6O.C4H4O2.2C4H10.4C2H6/c1-8(2,3)9-6(10)4-5-7(9)11;1-6(2)8-5-3-4-7(8)9;6-5-3-1-2-4-5;5-4-2-1-3-6-4;2*1-4(2)3;4*1-2/h4-5H,1-3H3;3-4,6H,5H2,1-2H3;1,3H,2,4H2;1-2H,3H2;2*4H,1-3H3;4*1-2H3. The van der Waals surface area contributed by atoms with E-state index >= 15 is 0 Å². The predicted octanol–water partition coefficient (Wildman–Crippen LogP) is 9.94. The molecule has 0 aromatic rings. The van der Waals surface area contributed by atoms with E-state index in [0.717, 1.165) is 31.2 Å². The Morgan fingerprint density at radius 1 is 0.583 bits per heavy atom. The van der Waals surface area contributed by atoms with E-state index in [4.69, 9.17) is 0 Å². The quantitative estimate of drug-likeness (QED) is 0.202. The molecule has 0 N–H and O–H groups in total. The molecule has 48 heavy (non-hydrogen) atoms. The number of nitrogens with zero attached hydrogens (tertiary/aromatic N) is 2. The van der Waals surface area contributed by atoms with Crippen LogP contribution in [0.2, 0.25) is 0 Å². The second-order valence-electron chi connectivity index (χ2n) is 11.9. The number of hydrogen-bond acceptors (Lipinski definition) is 6. The first-order chi connectivity index (χ1) is 22.4. The van der Waals surface area contributed by atoms with Crippen LogP contribution in [0.1, 0.15) is 144 Å². The van der Waals surface area contributed by atoms with E-state index in [0.29, 0.717) is 12.6 Å². The smallest absolute Gasteiger partial charge is 0.330 e. The third-order valence-corrected chi connectivity index (χ3v) is 4.39. The molecule has 0 aromatic heterocycles. The van der Waals surface area contributed by atoms with Crippen LogP contribution in [-0.4, -0.2) is 64.0 Å². The summed E-state index contributed by atoms with van der Waals surface area (Å²) in [6.45, 7) is 39.8. The van der Waals surface area contributed by atoms with Crippen molar-refractivity contribution in [2.75, 3.05) is 13.2 Å². The molecule has 282 valence electrons. The van der Waals surface area contributed by atoms with E-state index in [1.54, 1.807) is 18.2 Å². The molecule has 0 radical (unpaired) electrons. The summed E-state index contributed by atoms with van der Waals surface area (Å²) in [5.41, 5.74) is -0.405. The number of rotatable bonds is 1. The van der Waals surface area contributed by atoms with Gasteiger partial charge >= 0.3 is 5.97 Å². The minimum absolute atomic E-state index is 0.144. The highest BCUT2D eigenvalue weighted by molar-refractivity contribution is 6.13. The van der Waals surface area contributed by atoms with E-state index in [1.807, 2.05) is 107 Å². The summed E-state index contributed by atoms with van der Waals surface area (Å²) in [4.78, 5) is 56.1. The highest BCUT2D eigenvalue weighted by Gasteiger charge is 2.33. The van der Waals surface area contributed by atoms with Crippen LogP contribution in [0.4, 0.5) is 0 Å². The van der Waals surface area contributed by atoms with Crippen molar-refractivity contribution in [2.45, 2.75) is 156 Å². The molecular weight excluding hydrogens is 604 g/mol. The summed E-state index contributed by atoms with van der Waals surface area (Å²) in [5.74, 6) is 1.42. The number of carbonyl (C=O) groups is 5. The van der Waals surface area contributed by atoms with Gasteiger partial charge in [0.2, 0.25) is 5.91 Å². The summed E-state index contributed by atoms with van der Waals surface area (Å²) in [5, 5.41) is 0. The molecule has 0 spiro atoms. The van der Waals surface area contributed by atoms with E-state index < -0.39 is 5.54 Å². The van der Waals surface area contributed by atoms with Crippen molar-refractivity contribution in [1.29, 1.82) is 0 Å². The number of amides is 3. The minimum Gasteiger partial charge on any atom is -0.458 e. The van der Waals surface area contributed by atoms with Gasteiger partial charge in [-0.25, -0.2) is 4.79 Å². The molecule has 4 rings (SSSR count). The number of imide groups is 1. The molecular formula is C40H76N2O6. The summed E-state index contributed by atoms with van der Waals surface area (Å²) < 4.78 is 4.40. The van der Waals surface area contributed by atoms with Crippen LogP contribution in [0.5, 0.6) is 0 Å². The first-order valence-corrected chi connectivity index (χ1v) is 18.0. The lowest BCUT2D eigenvalue weighted by Gasteiger charge is -2.29. The molecule has 0 bridgehead atoms. The van der Waals surface area contributed by atoms with Crippen molar-refractivity contribution in [2.24, 2.45) is 11.8 Å². The fraction of sp³-hybridized carbons (Fsp3) is 0.675. The van der Waals surface area contributed by atoms with Crippen molar-refractivity contribution in [3.05, 3.63) is 48.6 Å². The zero-order chi connectivity index (χ0) is 39.5. The van der Waals surface area contributed by atoms with Gasteiger partial charge in [-0.05, 0) is 65.0 Å². The van der Waals surface area contributed by atoms with E-state index in [2.05, 4.69) is 46.3 Å². The Hall–Kier alpha value is -3.29. The molecule has 1 aliphatic carbocycles. The number of hydrogen-bond donors (Lipinski definition) is 0. The van der Waals surface area contributed by atoms with Gasteiger partial charge in [0, 0.05) is 48.9 Å². The number of ketones is 1. The summed E-state index contributed by atoms with van der Waals surface area (Å²) in [6, 6.07) is 0.340. The number of cyclic esters (lactones) is 1. The Bertz CT molecular complexity index is 880. The van der Waals surface area contributed by atoms with Gasteiger partial charge in [-0.1, -0.05) is 109 Å². The van der Waals surface area contributed by atoms with Crippen LogP contribution < -0.4 is 0 Å². The number of ether oxygens (including phenoxy) is 1. The normalized spacial score (nSPS) is 14.3. The van der Waals surface area contributed by atoms with Crippen molar-refractivity contribution >= 4 is 29.5 Å². The van der Waals surface area contributed by atoms with Crippen LogP contribution in [0.3, 0.4) is 0 Å². The lowest BCUT2D eigenvalue weighted by molar-refractivity contribution is -0.142. The van der Waals surface area contributed by atoms with E-state index in [1.165, 1.54) is 23.1 Å². The van der Waals surface area contributed by atoms with Crippen molar-refractivity contribution < 1.29 is 28.7 Å². The van der Waals surface area contributed by atoms with Gasteiger partial charge in [-0.3, -0.25) is 24.1 Å². The zero-order valence-electron chi connectivity index (χ0n) is 34.5. The van der Waals surface area contributed by atoms with Crippen molar-refractivity contribution in [1.82, 2.24) is 9.80 Å².